The molecular weight excluding hydrogens is 488 g/mol. The standard InChI is InChI=1S/C22H24Br2O4/c1-5-22(28-13(4)25)9-8-15-17(22)11-18(23)21(20(15)24)27-14-6-7-19(26)16(10-14)12(2)3/h6-7,10-12,26H,5,8-9H2,1-4H3. The molecule has 6 heteroatoms. The molecule has 2 aromatic rings. The van der Waals surface area contributed by atoms with E-state index < -0.39 is 5.60 Å². The lowest BCUT2D eigenvalue weighted by atomic mass is 9.92. The van der Waals surface area contributed by atoms with Crippen LogP contribution in [0, 0.1) is 0 Å². The molecule has 150 valence electrons. The summed E-state index contributed by atoms with van der Waals surface area (Å²) in [5, 5.41) is 10.0. The molecule has 4 nitrogen and oxygen atoms in total. The Balaban J connectivity index is 2.02. The second kappa shape index (κ2) is 8.07. The quantitative estimate of drug-likeness (QED) is 0.441. The number of phenolic OH excluding ortho intramolecular Hbond substituents is 1. The van der Waals surface area contributed by atoms with Crippen LogP contribution in [-0.2, 0) is 21.6 Å². The van der Waals surface area contributed by atoms with Crippen LogP contribution in [0.25, 0.3) is 0 Å². The third kappa shape index (κ3) is 3.81. The van der Waals surface area contributed by atoms with Gasteiger partial charge < -0.3 is 14.6 Å². The topological polar surface area (TPSA) is 55.8 Å². The number of ether oxygens (including phenoxy) is 2. The van der Waals surface area contributed by atoms with Crippen molar-refractivity contribution in [3.05, 3.63) is 49.9 Å². The summed E-state index contributed by atoms with van der Waals surface area (Å²) in [5.41, 5.74) is 2.37. The number of benzene rings is 2. The van der Waals surface area contributed by atoms with E-state index in [1.165, 1.54) is 6.92 Å². The first-order valence-corrected chi connectivity index (χ1v) is 11.0. The third-order valence-corrected chi connectivity index (χ3v) is 6.73. The highest BCUT2D eigenvalue weighted by Gasteiger charge is 2.42. The van der Waals surface area contributed by atoms with Crippen LogP contribution in [0.2, 0.25) is 0 Å². The summed E-state index contributed by atoms with van der Waals surface area (Å²) in [4.78, 5) is 11.7. The van der Waals surface area contributed by atoms with Crippen LogP contribution in [0.5, 0.6) is 17.2 Å². The number of hydrogen-bond donors (Lipinski definition) is 1. The SMILES string of the molecule is CCC1(OC(C)=O)CCc2c1cc(Br)c(Oc1ccc(O)c(C(C)C)c1)c2Br. The number of carbonyl (C=O) groups is 1. The van der Waals surface area contributed by atoms with Crippen LogP contribution >= 0.6 is 31.9 Å². The van der Waals surface area contributed by atoms with E-state index in [2.05, 4.69) is 31.9 Å². The highest BCUT2D eigenvalue weighted by molar-refractivity contribution is 9.11. The minimum atomic E-state index is -0.589. The van der Waals surface area contributed by atoms with Crippen LogP contribution in [-0.4, -0.2) is 11.1 Å². The summed E-state index contributed by atoms with van der Waals surface area (Å²) < 4.78 is 13.6. The number of aromatic hydroxyl groups is 1. The molecule has 0 amide bonds. The monoisotopic (exact) mass is 510 g/mol. The molecule has 0 bridgehead atoms. The molecular formula is C22H24Br2O4. The lowest BCUT2D eigenvalue weighted by Gasteiger charge is -2.29. The number of esters is 1. The van der Waals surface area contributed by atoms with Crippen molar-refractivity contribution in [3.63, 3.8) is 0 Å². The average Bonchev–Trinajstić information content (AvgIpc) is 2.98. The largest absolute Gasteiger partial charge is 0.508 e. The van der Waals surface area contributed by atoms with Crippen LogP contribution in [0.1, 0.15) is 63.1 Å². The fraction of sp³-hybridized carbons (Fsp3) is 0.409. The number of hydrogen-bond acceptors (Lipinski definition) is 4. The van der Waals surface area contributed by atoms with Crippen LogP contribution in [0.4, 0.5) is 0 Å². The summed E-state index contributed by atoms with van der Waals surface area (Å²) in [5.74, 6) is 1.51. The maximum absolute atomic E-state index is 11.7. The Morgan fingerprint density at radius 2 is 2.00 bits per heavy atom. The fourth-order valence-corrected chi connectivity index (χ4v) is 5.32. The Kier molecular flexibility index (Phi) is 6.11. The van der Waals surface area contributed by atoms with Gasteiger partial charge in [0.05, 0.1) is 8.95 Å². The van der Waals surface area contributed by atoms with E-state index in [1.54, 1.807) is 12.1 Å². The van der Waals surface area contributed by atoms with Gasteiger partial charge in [0.2, 0.25) is 0 Å². The molecule has 0 saturated carbocycles. The van der Waals surface area contributed by atoms with Crippen molar-refractivity contribution in [1.82, 2.24) is 0 Å². The lowest BCUT2D eigenvalue weighted by molar-refractivity contribution is -0.158. The van der Waals surface area contributed by atoms with Crippen molar-refractivity contribution < 1.29 is 19.4 Å². The molecule has 0 aliphatic heterocycles. The van der Waals surface area contributed by atoms with Crippen molar-refractivity contribution in [2.75, 3.05) is 0 Å². The number of carbonyl (C=O) groups excluding carboxylic acids is 1. The summed E-state index contributed by atoms with van der Waals surface area (Å²) in [6.45, 7) is 7.54. The molecule has 1 atom stereocenters. The first kappa shape index (κ1) is 21.2. The van der Waals surface area contributed by atoms with Crippen molar-refractivity contribution in [3.8, 4) is 17.2 Å². The second-order valence-electron chi connectivity index (χ2n) is 7.45. The predicted molar refractivity (Wildman–Crippen MR) is 116 cm³/mol. The van der Waals surface area contributed by atoms with E-state index in [0.717, 1.165) is 38.5 Å². The fourth-order valence-electron chi connectivity index (χ4n) is 3.84. The Hall–Kier alpha value is -1.53. The van der Waals surface area contributed by atoms with Gasteiger partial charge in [0, 0.05) is 18.1 Å². The van der Waals surface area contributed by atoms with Gasteiger partial charge in [-0.15, -0.1) is 0 Å². The predicted octanol–water partition coefficient (Wildman–Crippen LogP) is 6.95. The number of rotatable bonds is 5. The number of halogens is 2. The summed E-state index contributed by atoms with van der Waals surface area (Å²) in [6.07, 6.45) is 2.27. The van der Waals surface area contributed by atoms with E-state index in [9.17, 15) is 9.90 Å². The highest BCUT2D eigenvalue weighted by atomic mass is 79.9. The average molecular weight is 512 g/mol. The molecule has 1 unspecified atom stereocenters. The van der Waals surface area contributed by atoms with Gasteiger partial charge in [-0.05, 0) is 86.9 Å². The zero-order valence-electron chi connectivity index (χ0n) is 16.4. The maximum Gasteiger partial charge on any atom is 0.303 e. The van der Waals surface area contributed by atoms with Crippen molar-refractivity contribution in [1.29, 1.82) is 0 Å². The van der Waals surface area contributed by atoms with Crippen molar-refractivity contribution >= 4 is 37.8 Å². The third-order valence-electron chi connectivity index (χ3n) is 5.30. The molecule has 0 spiro atoms. The molecule has 0 saturated heterocycles. The van der Waals surface area contributed by atoms with Gasteiger partial charge >= 0.3 is 5.97 Å². The Bertz CT molecular complexity index is 923. The zero-order chi connectivity index (χ0) is 20.6. The van der Waals surface area contributed by atoms with Crippen molar-refractivity contribution in [2.24, 2.45) is 0 Å². The van der Waals surface area contributed by atoms with E-state index >= 15 is 0 Å². The Labute approximate surface area is 182 Å². The maximum atomic E-state index is 11.7. The summed E-state index contributed by atoms with van der Waals surface area (Å²) in [6, 6.07) is 7.27. The minimum absolute atomic E-state index is 0.185. The van der Waals surface area contributed by atoms with Crippen molar-refractivity contribution in [2.45, 2.75) is 58.5 Å². The minimum Gasteiger partial charge on any atom is -0.508 e. The molecule has 0 radical (unpaired) electrons. The molecule has 0 heterocycles. The van der Waals surface area contributed by atoms with Gasteiger partial charge in [-0.2, -0.15) is 0 Å². The molecule has 0 aromatic heterocycles. The summed E-state index contributed by atoms with van der Waals surface area (Å²) in [7, 11) is 0. The molecule has 2 aromatic carbocycles. The Morgan fingerprint density at radius 3 is 2.61 bits per heavy atom. The smallest absolute Gasteiger partial charge is 0.303 e. The van der Waals surface area contributed by atoms with Crippen LogP contribution < -0.4 is 4.74 Å². The lowest BCUT2D eigenvalue weighted by Crippen LogP contribution is -2.28. The molecule has 1 aliphatic carbocycles. The second-order valence-corrected chi connectivity index (χ2v) is 9.09. The normalized spacial score (nSPS) is 18.2. The van der Waals surface area contributed by atoms with E-state index in [-0.39, 0.29) is 17.6 Å². The molecule has 0 fully saturated rings. The summed E-state index contributed by atoms with van der Waals surface area (Å²) >= 11 is 7.33. The Morgan fingerprint density at radius 1 is 1.29 bits per heavy atom. The molecule has 1 aliphatic rings. The zero-order valence-corrected chi connectivity index (χ0v) is 19.6. The van der Waals surface area contributed by atoms with Crippen LogP contribution in [0.15, 0.2) is 33.2 Å². The molecule has 28 heavy (non-hydrogen) atoms. The van der Waals surface area contributed by atoms with Gasteiger partial charge in [0.25, 0.3) is 0 Å². The van der Waals surface area contributed by atoms with E-state index in [1.807, 2.05) is 32.9 Å². The first-order chi connectivity index (χ1) is 13.2. The highest BCUT2D eigenvalue weighted by Crippen LogP contribution is 2.51. The van der Waals surface area contributed by atoms with Gasteiger partial charge in [-0.25, -0.2) is 0 Å². The molecule has 1 N–H and O–H groups in total. The number of phenols is 1. The first-order valence-electron chi connectivity index (χ1n) is 9.40. The van der Waals surface area contributed by atoms with E-state index in [4.69, 9.17) is 9.47 Å². The van der Waals surface area contributed by atoms with Crippen LogP contribution in [0.3, 0.4) is 0 Å². The van der Waals surface area contributed by atoms with Gasteiger partial charge in [0.1, 0.15) is 17.1 Å². The van der Waals surface area contributed by atoms with Gasteiger partial charge in [-0.3, -0.25) is 4.79 Å². The molecule has 3 rings (SSSR count). The van der Waals surface area contributed by atoms with Gasteiger partial charge in [0.15, 0.2) is 5.75 Å². The number of fused-ring (bicyclic) bond motifs is 1. The van der Waals surface area contributed by atoms with Gasteiger partial charge in [-0.1, -0.05) is 20.8 Å². The van der Waals surface area contributed by atoms with E-state index in [0.29, 0.717) is 17.9 Å².